The number of carbonyl (C=O) groups is 3. The van der Waals surface area contributed by atoms with Crippen LogP contribution in [-0.4, -0.2) is 58.6 Å². The van der Waals surface area contributed by atoms with E-state index in [-0.39, 0.29) is 17.2 Å². The molecule has 0 spiro atoms. The predicted molar refractivity (Wildman–Crippen MR) is 87.2 cm³/mol. The summed E-state index contributed by atoms with van der Waals surface area (Å²) in [6, 6.07) is 5.34. The molecule has 2 saturated heterocycles. The third kappa shape index (κ3) is 4.79. The van der Waals surface area contributed by atoms with Crippen molar-refractivity contribution in [1.29, 1.82) is 0 Å². The largest absolute Gasteiger partial charge is 0.478 e. The molecule has 2 aliphatic heterocycles. The Morgan fingerprint density at radius 1 is 1.00 bits per heavy atom. The quantitative estimate of drug-likeness (QED) is 0.772. The van der Waals surface area contributed by atoms with E-state index in [0.29, 0.717) is 5.91 Å². The van der Waals surface area contributed by atoms with Crippen molar-refractivity contribution in [2.75, 3.05) is 19.6 Å². The molecule has 1 amide bonds. The Morgan fingerprint density at radius 3 is 2.04 bits per heavy atom. The van der Waals surface area contributed by atoms with E-state index in [9.17, 15) is 14.4 Å². The maximum atomic E-state index is 11.7. The fourth-order valence-electron chi connectivity index (χ4n) is 2.84. The fourth-order valence-corrected chi connectivity index (χ4v) is 2.84. The van der Waals surface area contributed by atoms with E-state index in [4.69, 9.17) is 10.2 Å². The molecule has 130 valence electrons. The maximum absolute atomic E-state index is 11.7. The van der Waals surface area contributed by atoms with Gasteiger partial charge in [-0.1, -0.05) is 6.07 Å². The fraction of sp³-hybridized carbons (Fsp3) is 0.471. The molecule has 0 radical (unpaired) electrons. The van der Waals surface area contributed by atoms with Gasteiger partial charge in [-0.15, -0.1) is 0 Å². The molecule has 7 heteroatoms. The Balaban J connectivity index is 0.000000174. The van der Waals surface area contributed by atoms with Crippen LogP contribution in [0.2, 0.25) is 0 Å². The summed E-state index contributed by atoms with van der Waals surface area (Å²) in [6.45, 7) is 2.98. The third-order valence-electron chi connectivity index (χ3n) is 4.13. The normalized spacial score (nSPS) is 19.5. The van der Waals surface area contributed by atoms with Crippen LogP contribution >= 0.6 is 0 Å². The van der Waals surface area contributed by atoms with Crippen LogP contribution in [0.25, 0.3) is 0 Å². The van der Waals surface area contributed by atoms with Crippen molar-refractivity contribution < 1.29 is 24.6 Å². The predicted octanol–water partition coefficient (Wildman–Crippen LogP) is 1.44. The highest BCUT2D eigenvalue weighted by Crippen LogP contribution is 2.13. The topological polar surface area (TPSA) is 107 Å². The number of rotatable bonds is 3. The van der Waals surface area contributed by atoms with Gasteiger partial charge in [0.2, 0.25) is 5.91 Å². The van der Waals surface area contributed by atoms with Crippen molar-refractivity contribution in [3.8, 4) is 0 Å². The molecule has 0 bridgehead atoms. The lowest BCUT2D eigenvalue weighted by molar-refractivity contribution is -0.131. The van der Waals surface area contributed by atoms with E-state index in [2.05, 4.69) is 5.32 Å². The van der Waals surface area contributed by atoms with Crippen LogP contribution in [-0.2, 0) is 4.79 Å². The number of nitrogens with one attached hydrogen (secondary N) is 1. The number of nitrogens with zero attached hydrogens (tertiary/aromatic N) is 1. The Kier molecular flexibility index (Phi) is 6.31. The van der Waals surface area contributed by atoms with Gasteiger partial charge in [-0.25, -0.2) is 9.59 Å². The van der Waals surface area contributed by atoms with Gasteiger partial charge in [0.1, 0.15) is 0 Å². The molecule has 0 unspecified atom stereocenters. The molecule has 0 saturated carbocycles. The second-order valence-electron chi connectivity index (χ2n) is 5.87. The second kappa shape index (κ2) is 8.44. The molecule has 2 fully saturated rings. The van der Waals surface area contributed by atoms with Crippen molar-refractivity contribution in [1.82, 2.24) is 10.2 Å². The van der Waals surface area contributed by atoms with E-state index in [1.807, 2.05) is 4.90 Å². The Bertz CT molecular complexity index is 558. The number of hydrogen-bond acceptors (Lipinski definition) is 4. The van der Waals surface area contributed by atoms with Crippen molar-refractivity contribution in [2.24, 2.45) is 0 Å². The first kappa shape index (κ1) is 17.9. The molecule has 2 aliphatic rings. The van der Waals surface area contributed by atoms with Gasteiger partial charge in [-0.2, -0.15) is 0 Å². The van der Waals surface area contributed by atoms with Gasteiger partial charge in [0.05, 0.1) is 17.2 Å². The molecule has 2 heterocycles. The molecular weight excluding hydrogens is 312 g/mol. The summed E-state index contributed by atoms with van der Waals surface area (Å²) in [4.78, 5) is 34.5. The molecule has 0 aliphatic carbocycles. The minimum Gasteiger partial charge on any atom is -0.478 e. The van der Waals surface area contributed by atoms with Gasteiger partial charge in [-0.05, 0) is 50.4 Å². The van der Waals surface area contributed by atoms with Crippen LogP contribution in [0.5, 0.6) is 0 Å². The summed E-state index contributed by atoms with van der Waals surface area (Å²) >= 11 is 0. The molecule has 0 aromatic heterocycles. The molecule has 1 aromatic rings. The van der Waals surface area contributed by atoms with Crippen LogP contribution in [0.1, 0.15) is 46.4 Å². The van der Waals surface area contributed by atoms with Crippen LogP contribution in [0.15, 0.2) is 24.3 Å². The van der Waals surface area contributed by atoms with E-state index >= 15 is 0 Å². The zero-order valence-corrected chi connectivity index (χ0v) is 13.4. The number of carbonyl (C=O) groups excluding carboxylic acids is 1. The number of hydrogen-bond donors (Lipinski definition) is 3. The smallest absolute Gasteiger partial charge is 0.335 e. The monoisotopic (exact) mass is 334 g/mol. The van der Waals surface area contributed by atoms with E-state index < -0.39 is 11.9 Å². The lowest BCUT2D eigenvalue weighted by Crippen LogP contribution is -2.42. The minimum atomic E-state index is -1.13. The van der Waals surface area contributed by atoms with E-state index in [0.717, 1.165) is 38.5 Å². The molecule has 24 heavy (non-hydrogen) atoms. The maximum Gasteiger partial charge on any atom is 0.335 e. The average Bonchev–Trinajstić information content (AvgIpc) is 3.28. The number of likely N-dealkylation sites (tertiary alicyclic amines) is 1. The van der Waals surface area contributed by atoms with Crippen molar-refractivity contribution in [3.63, 3.8) is 0 Å². The zero-order chi connectivity index (χ0) is 17.5. The molecule has 3 N–H and O–H groups in total. The first-order valence-electron chi connectivity index (χ1n) is 8.08. The van der Waals surface area contributed by atoms with Crippen LogP contribution in [0.3, 0.4) is 0 Å². The number of amides is 1. The number of benzene rings is 1. The highest BCUT2D eigenvalue weighted by atomic mass is 16.4. The van der Waals surface area contributed by atoms with Crippen molar-refractivity contribution >= 4 is 17.8 Å². The lowest BCUT2D eigenvalue weighted by Gasteiger charge is -2.19. The minimum absolute atomic E-state index is 0.0186. The molecular formula is C17H22N2O5. The van der Waals surface area contributed by atoms with Gasteiger partial charge in [0, 0.05) is 13.1 Å². The first-order valence-corrected chi connectivity index (χ1v) is 8.08. The number of carboxylic acid groups (broad SMARTS) is 2. The summed E-state index contributed by atoms with van der Waals surface area (Å²) < 4.78 is 0. The zero-order valence-electron chi connectivity index (χ0n) is 13.4. The van der Waals surface area contributed by atoms with Gasteiger partial charge >= 0.3 is 11.9 Å². The highest BCUT2D eigenvalue weighted by molar-refractivity contribution is 5.93. The SMILES string of the molecule is O=C(O)c1cccc(C(=O)O)c1.O=C([C@@H]1CCCN1)N1CCCC1. The molecule has 1 atom stereocenters. The summed E-state index contributed by atoms with van der Waals surface area (Å²) in [7, 11) is 0. The summed E-state index contributed by atoms with van der Waals surface area (Å²) in [5, 5.41) is 20.2. The number of aromatic carboxylic acids is 2. The van der Waals surface area contributed by atoms with E-state index in [1.165, 1.54) is 31.0 Å². The molecule has 1 aromatic carbocycles. The Labute approximate surface area is 140 Å². The summed E-state index contributed by atoms with van der Waals surface area (Å²) in [5.74, 6) is -1.92. The molecule has 7 nitrogen and oxygen atoms in total. The van der Waals surface area contributed by atoms with Crippen LogP contribution < -0.4 is 5.32 Å². The van der Waals surface area contributed by atoms with Crippen molar-refractivity contribution in [2.45, 2.75) is 31.7 Å². The third-order valence-corrected chi connectivity index (χ3v) is 4.13. The molecule has 3 rings (SSSR count). The van der Waals surface area contributed by atoms with Crippen LogP contribution in [0.4, 0.5) is 0 Å². The lowest BCUT2D eigenvalue weighted by atomic mass is 10.1. The highest BCUT2D eigenvalue weighted by Gasteiger charge is 2.27. The first-order chi connectivity index (χ1) is 11.5. The average molecular weight is 334 g/mol. The van der Waals surface area contributed by atoms with E-state index in [1.54, 1.807) is 0 Å². The second-order valence-corrected chi connectivity index (χ2v) is 5.87. The van der Waals surface area contributed by atoms with Gasteiger partial charge in [0.25, 0.3) is 0 Å². The number of carboxylic acids is 2. The summed E-state index contributed by atoms with van der Waals surface area (Å²) in [6.07, 6.45) is 4.58. The Morgan fingerprint density at radius 2 is 1.58 bits per heavy atom. The summed E-state index contributed by atoms with van der Waals surface area (Å²) in [5.41, 5.74) is -0.0372. The van der Waals surface area contributed by atoms with Crippen LogP contribution in [0, 0.1) is 0 Å². The van der Waals surface area contributed by atoms with Gasteiger partial charge < -0.3 is 20.4 Å². The van der Waals surface area contributed by atoms with Gasteiger partial charge in [0.15, 0.2) is 0 Å². The van der Waals surface area contributed by atoms with Gasteiger partial charge in [-0.3, -0.25) is 4.79 Å². The Hall–Kier alpha value is -2.41. The van der Waals surface area contributed by atoms with Crippen molar-refractivity contribution in [3.05, 3.63) is 35.4 Å². The standard InChI is InChI=1S/C9H16N2O.C8H6O4/c12-9(8-4-3-5-10-8)11-6-1-2-7-11;9-7(10)5-2-1-3-6(4-5)8(11)12/h8,10H,1-7H2;1-4H,(H,9,10)(H,11,12)/t8-;/m0./s1.